The van der Waals surface area contributed by atoms with E-state index < -0.39 is 17.9 Å². The fourth-order valence-corrected chi connectivity index (χ4v) is 3.10. The Bertz CT molecular complexity index is 729. The van der Waals surface area contributed by atoms with Crippen molar-refractivity contribution in [3.63, 3.8) is 0 Å². The molecule has 0 aromatic heterocycles. The molecule has 3 rings (SSSR count). The number of aliphatic hydroxyl groups is 1. The van der Waals surface area contributed by atoms with Crippen LogP contribution in [0.4, 0.5) is 0 Å². The number of carbonyl (C=O) groups excluding carboxylic acids is 2. The second-order valence-corrected chi connectivity index (χ2v) is 5.68. The van der Waals surface area contributed by atoms with Crippen molar-refractivity contribution in [2.75, 3.05) is 13.1 Å². The van der Waals surface area contributed by atoms with Crippen molar-refractivity contribution in [3.05, 3.63) is 48.0 Å². The summed E-state index contributed by atoms with van der Waals surface area (Å²) in [7, 11) is 0. The van der Waals surface area contributed by atoms with Crippen LogP contribution in [0.5, 0.6) is 0 Å². The van der Waals surface area contributed by atoms with E-state index in [1.165, 1.54) is 4.90 Å². The number of primary amides is 1. The third-order valence-electron chi connectivity index (χ3n) is 4.28. The fourth-order valence-electron chi connectivity index (χ4n) is 3.10. The first-order valence-electron chi connectivity index (χ1n) is 7.32. The van der Waals surface area contributed by atoms with E-state index in [2.05, 4.69) is 6.07 Å². The largest absolute Gasteiger partial charge is 0.391 e. The van der Waals surface area contributed by atoms with Gasteiger partial charge in [0.15, 0.2) is 0 Å². The third kappa shape index (κ3) is 2.67. The van der Waals surface area contributed by atoms with Gasteiger partial charge in [0.1, 0.15) is 0 Å². The zero-order chi connectivity index (χ0) is 15.7. The molecule has 1 aliphatic heterocycles. The number of fused-ring (bicyclic) bond motifs is 1. The lowest BCUT2D eigenvalue weighted by molar-refractivity contribution is -0.146. The van der Waals surface area contributed by atoms with Crippen molar-refractivity contribution in [2.24, 2.45) is 5.73 Å². The minimum absolute atomic E-state index is 0.0402. The summed E-state index contributed by atoms with van der Waals surface area (Å²) < 4.78 is 0. The summed E-state index contributed by atoms with van der Waals surface area (Å²) in [5.74, 6) is -1.74. The van der Waals surface area contributed by atoms with Crippen molar-refractivity contribution < 1.29 is 14.7 Å². The van der Waals surface area contributed by atoms with E-state index in [1.54, 1.807) is 0 Å². The number of likely N-dealkylation sites (tertiary alicyclic amines) is 1. The minimum Gasteiger partial charge on any atom is -0.391 e. The average molecular weight is 298 g/mol. The highest BCUT2D eigenvalue weighted by atomic mass is 16.3. The molecule has 22 heavy (non-hydrogen) atoms. The van der Waals surface area contributed by atoms with Crippen LogP contribution in [0.2, 0.25) is 0 Å². The molecule has 114 valence electrons. The molecule has 0 radical (unpaired) electrons. The normalized spacial score (nSPS) is 21.8. The molecule has 0 saturated carbocycles. The number of β-amino-alcohol motifs (C(OH)–C–C–N with tert-alkyl or cyclic N) is 1. The summed E-state index contributed by atoms with van der Waals surface area (Å²) in [6.07, 6.45) is -0.0865. The molecule has 2 aromatic rings. The summed E-state index contributed by atoms with van der Waals surface area (Å²) in [6.45, 7) is 0.565. The van der Waals surface area contributed by atoms with Crippen LogP contribution in [0.15, 0.2) is 42.5 Å². The Labute approximate surface area is 128 Å². The molecule has 0 spiro atoms. The van der Waals surface area contributed by atoms with Gasteiger partial charge in [-0.05, 0) is 22.8 Å². The molecule has 1 aliphatic rings. The lowest BCUT2D eigenvalue weighted by atomic mass is 9.86. The Balaban J connectivity index is 1.80. The Hall–Kier alpha value is -2.40. The summed E-state index contributed by atoms with van der Waals surface area (Å²) in [5, 5.41) is 12.6. The van der Waals surface area contributed by atoms with Gasteiger partial charge in [-0.15, -0.1) is 0 Å². The van der Waals surface area contributed by atoms with Crippen LogP contribution >= 0.6 is 0 Å². The Morgan fingerprint density at radius 3 is 2.55 bits per heavy atom. The molecular formula is C17H18N2O3. The maximum absolute atomic E-state index is 11.6. The van der Waals surface area contributed by atoms with Gasteiger partial charge in [-0.2, -0.15) is 0 Å². The molecule has 5 nitrogen and oxygen atoms in total. The summed E-state index contributed by atoms with van der Waals surface area (Å²) >= 11 is 0. The molecule has 0 bridgehead atoms. The van der Waals surface area contributed by atoms with Gasteiger partial charge >= 0.3 is 11.8 Å². The molecule has 5 heteroatoms. The van der Waals surface area contributed by atoms with E-state index in [0.29, 0.717) is 13.0 Å². The molecule has 1 heterocycles. The van der Waals surface area contributed by atoms with Crippen LogP contribution < -0.4 is 5.73 Å². The predicted molar refractivity (Wildman–Crippen MR) is 83.1 cm³/mol. The zero-order valence-corrected chi connectivity index (χ0v) is 12.1. The number of amides is 2. The number of nitrogens with zero attached hydrogens (tertiary/aromatic N) is 1. The van der Waals surface area contributed by atoms with Crippen LogP contribution in [0, 0.1) is 0 Å². The molecule has 1 saturated heterocycles. The van der Waals surface area contributed by atoms with Crippen LogP contribution in [-0.4, -0.2) is 41.0 Å². The number of carbonyl (C=O) groups is 2. The monoisotopic (exact) mass is 298 g/mol. The van der Waals surface area contributed by atoms with Crippen LogP contribution in [0.1, 0.15) is 17.9 Å². The topological polar surface area (TPSA) is 83.6 Å². The number of nitrogens with two attached hydrogens (primary N) is 1. The molecule has 0 aliphatic carbocycles. The van der Waals surface area contributed by atoms with Crippen molar-refractivity contribution in [1.29, 1.82) is 0 Å². The summed E-state index contributed by atoms with van der Waals surface area (Å²) in [6, 6.07) is 14.2. The highest BCUT2D eigenvalue weighted by molar-refractivity contribution is 6.34. The van der Waals surface area contributed by atoms with E-state index in [1.807, 2.05) is 36.4 Å². The molecule has 2 aromatic carbocycles. The summed E-state index contributed by atoms with van der Waals surface area (Å²) in [5.41, 5.74) is 6.06. The highest BCUT2D eigenvalue weighted by Crippen LogP contribution is 2.30. The van der Waals surface area contributed by atoms with Crippen LogP contribution in [-0.2, 0) is 9.59 Å². The standard InChI is InChI=1S/C17H18N2O3/c18-16(21)17(22)19-8-7-14(15(20)10-19)13-6-5-11-3-1-2-4-12(11)9-13/h1-6,9,14-15,20H,7-8,10H2,(H2,18,21)/t14-,15+/m0/s1. The maximum Gasteiger partial charge on any atom is 0.311 e. The van der Waals surface area contributed by atoms with Gasteiger partial charge in [-0.3, -0.25) is 9.59 Å². The Morgan fingerprint density at radius 2 is 1.86 bits per heavy atom. The van der Waals surface area contributed by atoms with E-state index in [4.69, 9.17) is 5.73 Å². The highest BCUT2D eigenvalue weighted by Gasteiger charge is 2.32. The summed E-state index contributed by atoms with van der Waals surface area (Å²) in [4.78, 5) is 23.9. The second-order valence-electron chi connectivity index (χ2n) is 5.68. The Kier molecular flexibility index (Phi) is 3.81. The number of piperidine rings is 1. The van der Waals surface area contributed by atoms with E-state index >= 15 is 0 Å². The minimum atomic E-state index is -0.976. The van der Waals surface area contributed by atoms with Crippen LogP contribution in [0.3, 0.4) is 0 Å². The SMILES string of the molecule is NC(=O)C(=O)N1CC[C@@H](c2ccc3ccccc3c2)[C@H](O)C1. The van der Waals surface area contributed by atoms with Crippen molar-refractivity contribution in [1.82, 2.24) is 4.90 Å². The molecular weight excluding hydrogens is 280 g/mol. The van der Waals surface area contributed by atoms with Crippen LogP contribution in [0.25, 0.3) is 10.8 Å². The van der Waals surface area contributed by atoms with Gasteiger partial charge in [0.25, 0.3) is 0 Å². The smallest absolute Gasteiger partial charge is 0.311 e. The first-order chi connectivity index (χ1) is 10.6. The van der Waals surface area contributed by atoms with Crippen molar-refractivity contribution in [2.45, 2.75) is 18.4 Å². The van der Waals surface area contributed by atoms with Gasteiger partial charge in [0, 0.05) is 19.0 Å². The lowest BCUT2D eigenvalue weighted by Gasteiger charge is -2.35. The average Bonchev–Trinajstić information content (AvgIpc) is 2.53. The molecule has 1 fully saturated rings. The number of benzene rings is 2. The van der Waals surface area contributed by atoms with Gasteiger partial charge in [0.05, 0.1) is 6.10 Å². The number of aliphatic hydroxyl groups excluding tert-OH is 1. The number of rotatable bonds is 1. The van der Waals surface area contributed by atoms with E-state index in [-0.39, 0.29) is 12.5 Å². The first kappa shape index (κ1) is 14.5. The fraction of sp³-hybridized carbons (Fsp3) is 0.294. The molecule has 0 unspecified atom stereocenters. The van der Waals surface area contributed by atoms with Gasteiger partial charge in [-0.25, -0.2) is 0 Å². The van der Waals surface area contributed by atoms with Gasteiger partial charge in [0.2, 0.25) is 0 Å². The number of hydrogen-bond acceptors (Lipinski definition) is 3. The Morgan fingerprint density at radius 1 is 1.14 bits per heavy atom. The first-order valence-corrected chi connectivity index (χ1v) is 7.32. The molecule has 3 N–H and O–H groups in total. The predicted octanol–water partition coefficient (Wildman–Crippen LogP) is 1.00. The van der Waals surface area contributed by atoms with E-state index in [9.17, 15) is 14.7 Å². The van der Waals surface area contributed by atoms with Crippen molar-refractivity contribution >= 4 is 22.6 Å². The second kappa shape index (κ2) is 5.77. The number of hydrogen-bond donors (Lipinski definition) is 2. The molecule has 2 amide bonds. The maximum atomic E-state index is 11.6. The van der Waals surface area contributed by atoms with Gasteiger partial charge in [-0.1, -0.05) is 42.5 Å². The lowest BCUT2D eigenvalue weighted by Crippen LogP contribution is -2.49. The third-order valence-corrected chi connectivity index (χ3v) is 4.28. The molecule has 2 atom stereocenters. The van der Waals surface area contributed by atoms with Crippen molar-refractivity contribution in [3.8, 4) is 0 Å². The quantitative estimate of drug-likeness (QED) is 0.770. The van der Waals surface area contributed by atoms with E-state index in [0.717, 1.165) is 16.3 Å². The zero-order valence-electron chi connectivity index (χ0n) is 12.1. The van der Waals surface area contributed by atoms with Gasteiger partial charge < -0.3 is 15.7 Å².